The minimum Gasteiger partial charge on any atom is -0.377 e. The largest absolute Gasteiger partial charge is 0.377 e. The smallest absolute Gasteiger partial charge is 0.0671 e. The molecule has 0 radical (unpaired) electrons. The summed E-state index contributed by atoms with van der Waals surface area (Å²) in [5, 5.41) is 0. The molecule has 2 aliphatic carbocycles. The second-order valence-electron chi connectivity index (χ2n) is 10.1. The van der Waals surface area contributed by atoms with Gasteiger partial charge in [-0.2, -0.15) is 0 Å². The number of nitrogens with zero attached hydrogens (tertiary/aromatic N) is 3. The Kier molecular flexibility index (Phi) is 9.26. The van der Waals surface area contributed by atoms with Gasteiger partial charge in [-0.15, -0.1) is 0 Å². The van der Waals surface area contributed by atoms with Gasteiger partial charge in [0.25, 0.3) is 0 Å². The van der Waals surface area contributed by atoms with Crippen molar-refractivity contribution in [2.75, 3.05) is 27.2 Å². The van der Waals surface area contributed by atoms with Crippen LogP contribution in [0.3, 0.4) is 0 Å². The summed E-state index contributed by atoms with van der Waals surface area (Å²) < 4.78 is 0. The molecule has 1 aromatic carbocycles. The van der Waals surface area contributed by atoms with Crippen LogP contribution >= 0.6 is 0 Å². The van der Waals surface area contributed by atoms with E-state index in [0.717, 1.165) is 54.1 Å². The van der Waals surface area contributed by atoms with Crippen molar-refractivity contribution < 1.29 is 0 Å². The van der Waals surface area contributed by atoms with E-state index in [2.05, 4.69) is 112 Å². The van der Waals surface area contributed by atoms with Crippen molar-refractivity contribution in [3.05, 3.63) is 143 Å². The predicted octanol–water partition coefficient (Wildman–Crippen LogP) is 7.77. The van der Waals surface area contributed by atoms with Gasteiger partial charge in [-0.05, 0) is 54.5 Å². The molecule has 3 aliphatic rings. The molecule has 0 saturated heterocycles. The Hall–Kier alpha value is -3.98. The highest BCUT2D eigenvalue weighted by molar-refractivity contribution is 6.09. The molecule has 4 rings (SSSR count). The van der Waals surface area contributed by atoms with Crippen LogP contribution in [0.5, 0.6) is 0 Å². The maximum absolute atomic E-state index is 5.14. The fraction of sp³-hybridized carbons (Fsp3) is 0.257. The first-order chi connectivity index (χ1) is 18.5. The Morgan fingerprint density at radius 3 is 2.63 bits per heavy atom. The molecule has 3 nitrogen and oxygen atoms in total. The summed E-state index contributed by atoms with van der Waals surface area (Å²) in [6, 6.07) is 10.5. The zero-order chi connectivity index (χ0) is 26.9. The molecule has 1 heterocycles. The monoisotopic (exact) mass is 501 g/mol. The van der Waals surface area contributed by atoms with Gasteiger partial charge in [-0.1, -0.05) is 104 Å². The number of hydrogen-bond acceptors (Lipinski definition) is 3. The van der Waals surface area contributed by atoms with Crippen LogP contribution in [0.25, 0.3) is 0 Å². The molecule has 1 aromatic rings. The molecule has 0 bridgehead atoms. The van der Waals surface area contributed by atoms with Gasteiger partial charge < -0.3 is 4.90 Å². The second kappa shape index (κ2) is 13.0. The highest BCUT2D eigenvalue weighted by Crippen LogP contribution is 2.30. The maximum atomic E-state index is 5.14. The first-order valence-electron chi connectivity index (χ1n) is 13.4. The first-order valence-corrected chi connectivity index (χ1v) is 13.4. The third kappa shape index (κ3) is 6.86. The molecule has 0 spiro atoms. The molecular formula is C35H39N3. The lowest BCUT2D eigenvalue weighted by molar-refractivity contribution is 0.523. The van der Waals surface area contributed by atoms with Crippen LogP contribution in [-0.2, 0) is 0 Å². The van der Waals surface area contributed by atoms with Crippen molar-refractivity contribution >= 4 is 11.4 Å². The zero-order valence-corrected chi connectivity index (χ0v) is 23.0. The fourth-order valence-corrected chi connectivity index (χ4v) is 4.89. The Labute approximate surface area is 228 Å². The average Bonchev–Trinajstić information content (AvgIpc) is 2.94. The molecular weight excluding hydrogens is 462 g/mol. The van der Waals surface area contributed by atoms with E-state index >= 15 is 0 Å². The molecule has 0 saturated carbocycles. The molecule has 0 aromatic heterocycles. The lowest BCUT2D eigenvalue weighted by atomic mass is 9.86. The van der Waals surface area contributed by atoms with Crippen LogP contribution in [-0.4, -0.2) is 43.5 Å². The van der Waals surface area contributed by atoms with Gasteiger partial charge in [-0.25, -0.2) is 0 Å². The van der Waals surface area contributed by atoms with Gasteiger partial charge in [0, 0.05) is 43.5 Å². The van der Waals surface area contributed by atoms with Crippen molar-refractivity contribution in [2.45, 2.75) is 26.2 Å². The van der Waals surface area contributed by atoms with E-state index in [1.165, 1.54) is 22.3 Å². The Bertz CT molecular complexity index is 1330. The highest BCUT2D eigenvalue weighted by atomic mass is 15.1. The Morgan fingerprint density at radius 1 is 1.13 bits per heavy atom. The average molecular weight is 502 g/mol. The van der Waals surface area contributed by atoms with Crippen molar-refractivity contribution in [2.24, 2.45) is 15.9 Å². The van der Waals surface area contributed by atoms with Crippen molar-refractivity contribution in [3.63, 3.8) is 0 Å². The minimum atomic E-state index is 0.362. The summed E-state index contributed by atoms with van der Waals surface area (Å²) in [7, 11) is 4.17. The standard InChI is InChI=1S/C35H39N3/c1-6-7-14-31-22-32(25-36-27(31)3)29-20-18-28(19-21-29)24-37-34(30-15-9-8-10-16-30)23-35(38(4)5)33-17-12-11-13-26(33)2/h6-12,14-18,20,22-23,32H,1-2,13,19,21,24-25H2,3-5H3. The number of likely N-dealkylation sites (N-methyl/N-ethyl adjacent to an activating group) is 1. The quantitative estimate of drug-likeness (QED) is 0.251. The number of rotatable bonds is 9. The Morgan fingerprint density at radius 2 is 1.95 bits per heavy atom. The first kappa shape index (κ1) is 27.1. The van der Waals surface area contributed by atoms with Crippen LogP contribution in [0.4, 0.5) is 0 Å². The van der Waals surface area contributed by atoms with Gasteiger partial charge in [0.05, 0.1) is 12.3 Å². The summed E-state index contributed by atoms with van der Waals surface area (Å²) in [5.74, 6) is 0.362. The van der Waals surface area contributed by atoms with Crippen LogP contribution in [0.15, 0.2) is 148 Å². The highest BCUT2D eigenvalue weighted by Gasteiger charge is 2.19. The van der Waals surface area contributed by atoms with E-state index in [9.17, 15) is 0 Å². The van der Waals surface area contributed by atoms with E-state index in [1.807, 2.05) is 18.2 Å². The van der Waals surface area contributed by atoms with E-state index in [4.69, 9.17) is 9.98 Å². The molecule has 1 atom stereocenters. The SMILES string of the molecule is C=CC=CC1=CC(C2=CC=C(CN=C(C=C(C3=CC=CCC3=C)N(C)C)c3ccccc3)CC2)CN=C1C. The number of dihydropyridines is 1. The molecule has 0 N–H and O–H groups in total. The predicted molar refractivity (Wildman–Crippen MR) is 165 cm³/mol. The third-order valence-corrected chi connectivity index (χ3v) is 7.18. The van der Waals surface area contributed by atoms with Crippen molar-refractivity contribution in [1.29, 1.82) is 0 Å². The van der Waals surface area contributed by atoms with E-state index < -0.39 is 0 Å². The summed E-state index contributed by atoms with van der Waals surface area (Å²) in [6.45, 7) is 11.7. The second-order valence-corrected chi connectivity index (χ2v) is 10.1. The van der Waals surface area contributed by atoms with Crippen LogP contribution in [0.1, 0.15) is 31.7 Å². The van der Waals surface area contributed by atoms with Crippen LogP contribution in [0.2, 0.25) is 0 Å². The van der Waals surface area contributed by atoms with Crippen molar-refractivity contribution in [1.82, 2.24) is 4.90 Å². The molecule has 3 heteroatoms. The zero-order valence-electron chi connectivity index (χ0n) is 23.0. The van der Waals surface area contributed by atoms with Gasteiger partial charge in [0.2, 0.25) is 0 Å². The van der Waals surface area contributed by atoms with E-state index in [0.29, 0.717) is 12.5 Å². The molecule has 0 amide bonds. The summed E-state index contributed by atoms with van der Waals surface area (Å²) >= 11 is 0. The Balaban J connectivity index is 1.59. The van der Waals surface area contributed by atoms with Crippen LogP contribution in [0, 0.1) is 5.92 Å². The van der Waals surface area contributed by atoms with E-state index in [-0.39, 0.29) is 0 Å². The normalized spacial score (nSPS) is 20.4. The molecule has 38 heavy (non-hydrogen) atoms. The fourth-order valence-electron chi connectivity index (χ4n) is 4.89. The molecule has 1 aliphatic heterocycles. The van der Waals surface area contributed by atoms with Gasteiger partial charge >= 0.3 is 0 Å². The summed E-state index contributed by atoms with van der Waals surface area (Å²) in [6.07, 6.45) is 24.4. The lowest BCUT2D eigenvalue weighted by Crippen LogP contribution is -2.17. The van der Waals surface area contributed by atoms with Crippen molar-refractivity contribution in [3.8, 4) is 0 Å². The number of allylic oxidation sites excluding steroid dienone is 11. The summed E-state index contributed by atoms with van der Waals surface area (Å²) in [4.78, 5) is 12.1. The summed E-state index contributed by atoms with van der Waals surface area (Å²) in [5.41, 5.74) is 10.7. The number of aliphatic imine (C=N–C) groups is 2. The van der Waals surface area contributed by atoms with Gasteiger partial charge in [0.15, 0.2) is 0 Å². The van der Waals surface area contributed by atoms with Gasteiger partial charge in [0.1, 0.15) is 0 Å². The maximum Gasteiger partial charge on any atom is 0.0671 e. The third-order valence-electron chi connectivity index (χ3n) is 7.18. The topological polar surface area (TPSA) is 28.0 Å². The molecule has 1 unspecified atom stereocenters. The van der Waals surface area contributed by atoms with Gasteiger partial charge in [-0.3, -0.25) is 9.98 Å². The number of hydrogen-bond donors (Lipinski definition) is 0. The molecule has 0 fully saturated rings. The van der Waals surface area contributed by atoms with Crippen LogP contribution < -0.4 is 0 Å². The van der Waals surface area contributed by atoms with E-state index in [1.54, 1.807) is 0 Å². The minimum absolute atomic E-state index is 0.362. The number of benzene rings is 1. The molecule has 194 valence electrons. The lowest BCUT2D eigenvalue weighted by Gasteiger charge is -2.24.